The van der Waals surface area contributed by atoms with Crippen molar-refractivity contribution in [1.29, 1.82) is 0 Å². The molecule has 0 N–H and O–H groups in total. The van der Waals surface area contributed by atoms with Gasteiger partial charge in [0, 0.05) is 22.9 Å². The summed E-state index contributed by atoms with van der Waals surface area (Å²) >= 11 is 13.2. The monoisotopic (exact) mass is 423 g/mol. The third-order valence-electron chi connectivity index (χ3n) is 4.37. The smallest absolute Gasteiger partial charge is 0.223 e. The van der Waals surface area contributed by atoms with Crippen molar-refractivity contribution < 1.29 is 4.79 Å². The minimum absolute atomic E-state index is 0.286. The van der Waals surface area contributed by atoms with Crippen LogP contribution in [0.3, 0.4) is 0 Å². The number of hydrogen-bond donors (Lipinski definition) is 0. The van der Waals surface area contributed by atoms with Crippen LogP contribution >= 0.6 is 34.5 Å². The van der Waals surface area contributed by atoms with Crippen LogP contribution in [0.25, 0.3) is 0 Å². The number of piperidine rings is 1. The summed E-state index contributed by atoms with van der Waals surface area (Å²) in [6.07, 6.45) is 7.17. The summed E-state index contributed by atoms with van der Waals surface area (Å²) in [5.74, 6) is 1.09. The molecule has 0 spiro atoms. The van der Waals surface area contributed by atoms with Gasteiger partial charge in [0.2, 0.25) is 5.91 Å². The number of halogens is 2. The average molecular weight is 424 g/mol. The second-order valence-electron chi connectivity index (χ2n) is 6.74. The molecule has 2 nitrogen and oxygen atoms in total. The van der Waals surface area contributed by atoms with Crippen molar-refractivity contribution in [3.63, 3.8) is 0 Å². The van der Waals surface area contributed by atoms with E-state index < -0.39 is 0 Å². The van der Waals surface area contributed by atoms with Crippen LogP contribution in [-0.4, -0.2) is 17.4 Å². The highest BCUT2D eigenvalue weighted by Crippen LogP contribution is 2.40. The number of carbonyl (C=O) groups is 1. The zero-order valence-corrected chi connectivity index (χ0v) is 18.1. The van der Waals surface area contributed by atoms with Gasteiger partial charge >= 0.3 is 0 Å². The first-order chi connectivity index (χ1) is 13.0. The van der Waals surface area contributed by atoms with Gasteiger partial charge in [-0.2, -0.15) is 0 Å². The number of nitrogens with zero attached hydrogens (tertiary/aromatic N) is 1. The lowest BCUT2D eigenvalue weighted by Gasteiger charge is -2.35. The molecule has 0 radical (unpaired) electrons. The third kappa shape index (κ3) is 7.69. The molecule has 1 unspecified atom stereocenters. The molecule has 1 saturated heterocycles. The Hall–Kier alpha value is -1.29. The van der Waals surface area contributed by atoms with Crippen molar-refractivity contribution in [2.75, 3.05) is 6.54 Å². The molecule has 2 aliphatic rings. The lowest BCUT2D eigenvalue weighted by atomic mass is 10.00. The summed E-state index contributed by atoms with van der Waals surface area (Å²) < 4.78 is 0.824. The van der Waals surface area contributed by atoms with E-state index in [9.17, 15) is 4.79 Å². The first kappa shape index (κ1) is 22.0. The van der Waals surface area contributed by atoms with Gasteiger partial charge in [0.15, 0.2) is 0 Å². The van der Waals surface area contributed by atoms with Crippen LogP contribution in [0, 0.1) is 5.92 Å². The van der Waals surface area contributed by atoms with Crippen molar-refractivity contribution in [2.45, 2.75) is 45.1 Å². The molecule has 1 amide bonds. The van der Waals surface area contributed by atoms with Gasteiger partial charge in [-0.05, 0) is 62.8 Å². The van der Waals surface area contributed by atoms with Crippen LogP contribution in [0.1, 0.15) is 49.9 Å². The molecule has 2 fully saturated rings. The molecular formula is C22H27Cl2NOS. The number of allylic oxidation sites excluding steroid dienone is 1. The number of rotatable bonds is 3. The fraction of sp³-hybridized carbons (Fsp3) is 0.409. The molecular weight excluding hydrogens is 397 g/mol. The molecule has 1 saturated carbocycles. The first-order valence-electron chi connectivity index (χ1n) is 9.37. The SMILES string of the molecule is C=CC.Clc1ccccc1.O=C1CCCC(c2ccc(Cl)s2)N1CC1CC1. The molecule has 1 atom stereocenters. The lowest BCUT2D eigenvalue weighted by molar-refractivity contribution is -0.136. The van der Waals surface area contributed by atoms with E-state index in [0.29, 0.717) is 5.91 Å². The maximum absolute atomic E-state index is 12.0. The highest BCUT2D eigenvalue weighted by Gasteiger charge is 2.34. The minimum atomic E-state index is 0.286. The lowest BCUT2D eigenvalue weighted by Crippen LogP contribution is -2.39. The quantitative estimate of drug-likeness (QED) is 0.470. The van der Waals surface area contributed by atoms with Gasteiger partial charge in [-0.3, -0.25) is 4.79 Å². The molecule has 2 heterocycles. The topological polar surface area (TPSA) is 20.3 Å². The molecule has 27 heavy (non-hydrogen) atoms. The Morgan fingerprint density at radius 1 is 1.15 bits per heavy atom. The van der Waals surface area contributed by atoms with E-state index in [2.05, 4.69) is 17.5 Å². The molecule has 146 valence electrons. The fourth-order valence-electron chi connectivity index (χ4n) is 2.95. The number of likely N-dealkylation sites (tertiary alicyclic amines) is 1. The van der Waals surface area contributed by atoms with E-state index in [4.69, 9.17) is 23.2 Å². The number of thiophene rings is 1. The van der Waals surface area contributed by atoms with E-state index in [1.807, 2.05) is 43.3 Å². The summed E-state index contributed by atoms with van der Waals surface area (Å²) in [4.78, 5) is 15.4. The van der Waals surface area contributed by atoms with E-state index in [0.717, 1.165) is 41.1 Å². The number of benzene rings is 1. The summed E-state index contributed by atoms with van der Waals surface area (Å²) in [5.41, 5.74) is 0. The predicted molar refractivity (Wildman–Crippen MR) is 118 cm³/mol. The van der Waals surface area contributed by atoms with Crippen LogP contribution in [-0.2, 0) is 4.79 Å². The Morgan fingerprint density at radius 3 is 2.30 bits per heavy atom. The van der Waals surface area contributed by atoms with Gasteiger partial charge < -0.3 is 4.90 Å². The zero-order valence-electron chi connectivity index (χ0n) is 15.7. The van der Waals surface area contributed by atoms with Crippen molar-refractivity contribution in [2.24, 2.45) is 5.92 Å². The molecule has 1 aromatic heterocycles. The van der Waals surface area contributed by atoms with Crippen LogP contribution in [0.2, 0.25) is 9.36 Å². The Kier molecular flexibility index (Phi) is 9.40. The van der Waals surface area contributed by atoms with Crippen LogP contribution in [0.15, 0.2) is 55.1 Å². The van der Waals surface area contributed by atoms with Gasteiger partial charge in [0.25, 0.3) is 0 Å². The molecule has 0 bridgehead atoms. The van der Waals surface area contributed by atoms with E-state index in [-0.39, 0.29) is 6.04 Å². The summed E-state index contributed by atoms with van der Waals surface area (Å²) in [7, 11) is 0. The van der Waals surface area contributed by atoms with Crippen LogP contribution in [0.5, 0.6) is 0 Å². The summed E-state index contributed by atoms with van der Waals surface area (Å²) in [5, 5.41) is 0.794. The van der Waals surface area contributed by atoms with Gasteiger partial charge in [-0.15, -0.1) is 17.9 Å². The Labute approximate surface area is 176 Å². The van der Waals surface area contributed by atoms with E-state index in [1.165, 1.54) is 17.7 Å². The largest absolute Gasteiger partial charge is 0.335 e. The standard InChI is InChI=1S/C13H16ClNOS.C6H5Cl.C3H6/c14-12-7-6-11(17-12)10-2-1-3-13(16)15(10)8-9-4-5-9;7-6-4-2-1-3-5-6;1-3-2/h6-7,9-10H,1-5,8H2;1-5H;3H,1H2,2H3. The van der Waals surface area contributed by atoms with Crippen LogP contribution < -0.4 is 0 Å². The zero-order chi connectivity index (χ0) is 19.6. The normalized spacial score (nSPS) is 18.7. The van der Waals surface area contributed by atoms with Gasteiger partial charge in [-0.25, -0.2) is 0 Å². The van der Waals surface area contributed by atoms with E-state index >= 15 is 0 Å². The Balaban J connectivity index is 0.000000218. The van der Waals surface area contributed by atoms with Crippen molar-refractivity contribution in [3.8, 4) is 0 Å². The number of amides is 1. The highest BCUT2D eigenvalue weighted by molar-refractivity contribution is 7.16. The summed E-state index contributed by atoms with van der Waals surface area (Å²) in [6.45, 7) is 6.21. The molecule has 1 aromatic carbocycles. The van der Waals surface area contributed by atoms with Gasteiger partial charge in [0.05, 0.1) is 10.4 Å². The maximum Gasteiger partial charge on any atom is 0.223 e. The van der Waals surface area contributed by atoms with Crippen molar-refractivity contribution >= 4 is 40.4 Å². The van der Waals surface area contributed by atoms with Gasteiger partial charge in [-0.1, -0.05) is 47.5 Å². The fourth-order valence-corrected chi connectivity index (χ4v) is 4.30. The Morgan fingerprint density at radius 2 is 1.81 bits per heavy atom. The average Bonchev–Trinajstić information content (AvgIpc) is 3.37. The molecule has 2 aromatic rings. The second kappa shape index (κ2) is 11.5. The van der Waals surface area contributed by atoms with Crippen LogP contribution in [0.4, 0.5) is 0 Å². The first-order valence-corrected chi connectivity index (χ1v) is 10.9. The number of carbonyl (C=O) groups excluding carboxylic acids is 1. The number of hydrogen-bond acceptors (Lipinski definition) is 2. The van der Waals surface area contributed by atoms with Crippen molar-refractivity contribution in [3.05, 3.63) is 69.4 Å². The third-order valence-corrected chi connectivity index (χ3v) is 5.96. The van der Waals surface area contributed by atoms with Gasteiger partial charge in [0.1, 0.15) is 0 Å². The predicted octanol–water partition coefficient (Wildman–Crippen LogP) is 7.40. The van der Waals surface area contributed by atoms with Crippen molar-refractivity contribution in [1.82, 2.24) is 4.90 Å². The minimum Gasteiger partial charge on any atom is -0.335 e. The van der Waals surface area contributed by atoms with E-state index in [1.54, 1.807) is 17.4 Å². The second-order valence-corrected chi connectivity index (χ2v) is 8.93. The Bertz CT molecular complexity index is 712. The maximum atomic E-state index is 12.0. The summed E-state index contributed by atoms with van der Waals surface area (Å²) in [6, 6.07) is 13.8. The highest BCUT2D eigenvalue weighted by atomic mass is 35.5. The molecule has 5 heteroatoms. The molecule has 1 aliphatic heterocycles. The molecule has 4 rings (SSSR count). The molecule has 1 aliphatic carbocycles.